The second kappa shape index (κ2) is 6.11. The van der Waals surface area contributed by atoms with Crippen LogP contribution in [-0.2, 0) is 24.1 Å². The van der Waals surface area contributed by atoms with Crippen LogP contribution in [0.25, 0.3) is 0 Å². The van der Waals surface area contributed by atoms with Gasteiger partial charge in [0.2, 0.25) is 5.91 Å². The highest BCUT2D eigenvalue weighted by Gasteiger charge is 2.19. The van der Waals surface area contributed by atoms with Gasteiger partial charge >= 0.3 is 0 Å². The van der Waals surface area contributed by atoms with Crippen LogP contribution in [0.15, 0.2) is 36.4 Å². The lowest BCUT2D eigenvalue weighted by molar-refractivity contribution is -0.116. The Kier molecular flexibility index (Phi) is 3.81. The molecular weight excluding hydrogens is 300 g/mol. The van der Waals surface area contributed by atoms with Crippen LogP contribution in [0.5, 0.6) is 0 Å². The van der Waals surface area contributed by atoms with Crippen molar-refractivity contribution in [3.63, 3.8) is 0 Å². The highest BCUT2D eigenvalue weighted by Crippen LogP contribution is 2.28. The maximum Gasteiger partial charge on any atom is 0.255 e. The van der Waals surface area contributed by atoms with Gasteiger partial charge in [-0.1, -0.05) is 12.1 Å². The Hall–Kier alpha value is -2.62. The fourth-order valence-electron chi connectivity index (χ4n) is 3.65. The zero-order chi connectivity index (χ0) is 16.5. The van der Waals surface area contributed by atoms with Crippen LogP contribution in [0.1, 0.15) is 46.3 Å². The van der Waals surface area contributed by atoms with E-state index in [0.717, 1.165) is 41.8 Å². The molecule has 0 spiro atoms. The maximum atomic E-state index is 12.7. The summed E-state index contributed by atoms with van der Waals surface area (Å²) in [5, 5.41) is 5.88. The van der Waals surface area contributed by atoms with Crippen molar-refractivity contribution >= 4 is 23.2 Å². The van der Waals surface area contributed by atoms with Gasteiger partial charge < -0.3 is 10.6 Å². The Morgan fingerprint density at radius 2 is 1.83 bits per heavy atom. The number of carbonyl (C=O) groups is 2. The minimum absolute atomic E-state index is 0.0476. The first-order valence-corrected chi connectivity index (χ1v) is 8.55. The molecule has 2 aliphatic rings. The molecule has 0 saturated carbocycles. The number of hydrogen-bond acceptors (Lipinski definition) is 2. The Morgan fingerprint density at radius 1 is 0.958 bits per heavy atom. The quantitative estimate of drug-likeness (QED) is 0.886. The van der Waals surface area contributed by atoms with Crippen molar-refractivity contribution in [2.24, 2.45) is 0 Å². The number of aryl methyl sites for hydroxylation is 2. The molecule has 2 amide bonds. The number of amides is 2. The van der Waals surface area contributed by atoms with E-state index in [0.29, 0.717) is 12.8 Å². The summed E-state index contributed by atoms with van der Waals surface area (Å²) in [4.78, 5) is 24.2. The number of carbonyl (C=O) groups excluding carboxylic acids is 2. The highest BCUT2D eigenvalue weighted by atomic mass is 16.2. The molecule has 0 bridgehead atoms. The summed E-state index contributed by atoms with van der Waals surface area (Å²) < 4.78 is 0. The van der Waals surface area contributed by atoms with E-state index in [1.54, 1.807) is 0 Å². The monoisotopic (exact) mass is 320 g/mol. The number of benzene rings is 2. The summed E-state index contributed by atoms with van der Waals surface area (Å²) in [6.45, 7) is 0. The molecule has 4 nitrogen and oxygen atoms in total. The van der Waals surface area contributed by atoms with Crippen molar-refractivity contribution in [3.05, 3.63) is 58.7 Å². The van der Waals surface area contributed by atoms with Crippen LogP contribution in [0.4, 0.5) is 11.4 Å². The normalized spacial score (nSPS) is 15.9. The van der Waals surface area contributed by atoms with Crippen molar-refractivity contribution in [3.8, 4) is 0 Å². The first kappa shape index (κ1) is 14.9. The zero-order valence-corrected chi connectivity index (χ0v) is 13.5. The van der Waals surface area contributed by atoms with Gasteiger partial charge in [0, 0.05) is 23.4 Å². The van der Waals surface area contributed by atoms with Crippen molar-refractivity contribution in [2.45, 2.75) is 38.5 Å². The lowest BCUT2D eigenvalue weighted by Gasteiger charge is -2.20. The van der Waals surface area contributed by atoms with E-state index in [4.69, 9.17) is 0 Å². The van der Waals surface area contributed by atoms with Crippen molar-refractivity contribution in [2.75, 3.05) is 10.6 Å². The Morgan fingerprint density at radius 3 is 2.75 bits per heavy atom. The molecule has 1 aliphatic carbocycles. The minimum atomic E-state index is -0.0476. The molecule has 1 heterocycles. The van der Waals surface area contributed by atoms with Crippen molar-refractivity contribution in [1.29, 1.82) is 0 Å². The third-order valence-electron chi connectivity index (χ3n) is 4.90. The van der Waals surface area contributed by atoms with Gasteiger partial charge in [-0.25, -0.2) is 0 Å². The SMILES string of the molecule is O=C1CCc2cc(NC(=O)c3cccc4c3CCCC4)ccc2N1. The van der Waals surface area contributed by atoms with E-state index in [9.17, 15) is 9.59 Å². The van der Waals surface area contributed by atoms with Gasteiger partial charge in [-0.05, 0) is 73.1 Å². The van der Waals surface area contributed by atoms with Crippen LogP contribution in [0.2, 0.25) is 0 Å². The van der Waals surface area contributed by atoms with E-state index >= 15 is 0 Å². The zero-order valence-electron chi connectivity index (χ0n) is 13.5. The second-order valence-electron chi connectivity index (χ2n) is 6.52. The average Bonchev–Trinajstić information content (AvgIpc) is 2.61. The Bertz CT molecular complexity index is 826. The molecular formula is C20H20N2O2. The minimum Gasteiger partial charge on any atom is -0.326 e. The molecule has 0 saturated heterocycles. The van der Waals surface area contributed by atoms with Crippen molar-refractivity contribution in [1.82, 2.24) is 0 Å². The molecule has 4 heteroatoms. The molecule has 2 aromatic carbocycles. The summed E-state index contributed by atoms with van der Waals surface area (Å²) in [6.07, 6.45) is 5.61. The summed E-state index contributed by atoms with van der Waals surface area (Å²) in [6, 6.07) is 11.7. The first-order chi connectivity index (χ1) is 11.7. The van der Waals surface area contributed by atoms with Crippen LogP contribution >= 0.6 is 0 Å². The van der Waals surface area contributed by atoms with Gasteiger partial charge in [-0.2, -0.15) is 0 Å². The van der Waals surface area contributed by atoms with Crippen LogP contribution < -0.4 is 10.6 Å². The summed E-state index contributed by atoms with van der Waals surface area (Å²) in [7, 11) is 0. The summed E-state index contributed by atoms with van der Waals surface area (Å²) >= 11 is 0. The highest BCUT2D eigenvalue weighted by molar-refractivity contribution is 6.06. The fourth-order valence-corrected chi connectivity index (χ4v) is 3.65. The topological polar surface area (TPSA) is 58.2 Å². The van der Waals surface area contributed by atoms with E-state index in [1.165, 1.54) is 17.5 Å². The van der Waals surface area contributed by atoms with Gasteiger partial charge in [-0.15, -0.1) is 0 Å². The molecule has 2 aromatic rings. The number of anilines is 2. The Balaban J connectivity index is 1.58. The lowest BCUT2D eigenvalue weighted by Crippen LogP contribution is -2.20. The van der Waals surface area contributed by atoms with E-state index in [-0.39, 0.29) is 11.8 Å². The predicted molar refractivity (Wildman–Crippen MR) is 94.4 cm³/mol. The maximum absolute atomic E-state index is 12.7. The van der Waals surface area contributed by atoms with E-state index in [2.05, 4.69) is 16.7 Å². The van der Waals surface area contributed by atoms with E-state index < -0.39 is 0 Å². The first-order valence-electron chi connectivity index (χ1n) is 8.55. The van der Waals surface area contributed by atoms with Gasteiger partial charge in [-0.3, -0.25) is 9.59 Å². The van der Waals surface area contributed by atoms with Gasteiger partial charge in [0.05, 0.1) is 0 Å². The van der Waals surface area contributed by atoms with Crippen LogP contribution in [0.3, 0.4) is 0 Å². The fraction of sp³-hybridized carbons (Fsp3) is 0.300. The Labute approximate surface area is 141 Å². The molecule has 0 aromatic heterocycles. The third kappa shape index (κ3) is 2.80. The van der Waals surface area contributed by atoms with Gasteiger partial charge in [0.15, 0.2) is 0 Å². The van der Waals surface area contributed by atoms with Crippen LogP contribution in [-0.4, -0.2) is 11.8 Å². The smallest absolute Gasteiger partial charge is 0.255 e. The second-order valence-corrected chi connectivity index (χ2v) is 6.52. The number of fused-ring (bicyclic) bond motifs is 2. The number of rotatable bonds is 2. The molecule has 0 unspecified atom stereocenters. The number of nitrogens with one attached hydrogen (secondary N) is 2. The van der Waals surface area contributed by atoms with E-state index in [1.807, 2.05) is 30.3 Å². The molecule has 0 fully saturated rings. The molecule has 0 atom stereocenters. The van der Waals surface area contributed by atoms with Crippen LogP contribution in [0, 0.1) is 0 Å². The molecule has 4 rings (SSSR count). The molecule has 122 valence electrons. The van der Waals surface area contributed by atoms with Gasteiger partial charge in [0.1, 0.15) is 0 Å². The average molecular weight is 320 g/mol. The van der Waals surface area contributed by atoms with Gasteiger partial charge in [0.25, 0.3) is 5.91 Å². The molecule has 24 heavy (non-hydrogen) atoms. The lowest BCUT2D eigenvalue weighted by atomic mass is 9.88. The predicted octanol–water partition coefficient (Wildman–Crippen LogP) is 3.70. The summed E-state index contributed by atoms with van der Waals surface area (Å²) in [5.74, 6) is 0.00347. The third-order valence-corrected chi connectivity index (χ3v) is 4.90. The standard InChI is InChI=1S/C20H20N2O2/c23-19-11-8-14-12-15(9-10-18(14)22-19)21-20(24)17-7-3-5-13-4-1-2-6-16(13)17/h3,5,7,9-10,12H,1-2,4,6,8,11H2,(H,21,24)(H,22,23). The largest absolute Gasteiger partial charge is 0.326 e. The summed E-state index contributed by atoms with van der Waals surface area (Å²) in [5.41, 5.74) is 6.00. The molecule has 1 aliphatic heterocycles. The molecule has 2 N–H and O–H groups in total. The van der Waals surface area contributed by atoms with Crippen molar-refractivity contribution < 1.29 is 9.59 Å². The molecule has 0 radical (unpaired) electrons. The number of hydrogen-bond donors (Lipinski definition) is 2.